The molecular formula is C25H20F3N7O. The Bertz CT molecular complexity index is 1530. The van der Waals surface area contributed by atoms with Gasteiger partial charge in [0.2, 0.25) is 5.88 Å². The molecule has 0 atom stereocenters. The van der Waals surface area contributed by atoms with E-state index >= 15 is 0 Å². The Morgan fingerprint density at radius 1 is 0.889 bits per heavy atom. The molecule has 0 aliphatic carbocycles. The Hall–Kier alpha value is -4.67. The number of halogens is 3. The standard InChI is InChI=1S/C25H20F3N7O/c1-14-18-11-19(22-31-20(29)12-21(30)32-22)24(33-23(18)35(34-14)17-5-3-2-4-6-17)36-13-15-7-9-16(10-8-15)25(26,27)28/h2-12H,13H2,1H3,(H4,29,30,31,32). The minimum Gasteiger partial charge on any atom is -0.472 e. The highest BCUT2D eigenvalue weighted by atomic mass is 19.4. The summed E-state index contributed by atoms with van der Waals surface area (Å²) in [5.74, 6) is 0.701. The first-order valence-corrected chi connectivity index (χ1v) is 10.8. The van der Waals surface area contributed by atoms with E-state index in [1.54, 1.807) is 10.7 Å². The van der Waals surface area contributed by atoms with Crippen LogP contribution in [0, 0.1) is 6.92 Å². The first-order chi connectivity index (χ1) is 17.2. The van der Waals surface area contributed by atoms with Gasteiger partial charge in [0.15, 0.2) is 11.5 Å². The number of nitrogens with two attached hydrogens (primary N) is 2. The van der Waals surface area contributed by atoms with Crippen molar-refractivity contribution in [1.82, 2.24) is 24.7 Å². The number of anilines is 2. The Morgan fingerprint density at radius 3 is 2.19 bits per heavy atom. The van der Waals surface area contributed by atoms with Crippen LogP contribution in [0.5, 0.6) is 5.88 Å². The van der Waals surface area contributed by atoms with Gasteiger partial charge in [-0.2, -0.15) is 23.3 Å². The van der Waals surface area contributed by atoms with Gasteiger partial charge in [-0.1, -0.05) is 30.3 Å². The summed E-state index contributed by atoms with van der Waals surface area (Å²) >= 11 is 0. The molecule has 8 nitrogen and oxygen atoms in total. The second kappa shape index (κ2) is 8.84. The molecule has 0 bridgehead atoms. The molecule has 0 amide bonds. The molecule has 0 radical (unpaired) electrons. The average Bonchev–Trinajstić information content (AvgIpc) is 3.17. The number of alkyl halides is 3. The number of fused-ring (bicyclic) bond motifs is 1. The SMILES string of the molecule is Cc1nn(-c2ccccc2)c2nc(OCc3ccc(C(F)(F)F)cc3)c(-c3nc(N)cc(N)n3)cc12. The fourth-order valence-electron chi connectivity index (χ4n) is 3.73. The van der Waals surface area contributed by atoms with Crippen LogP contribution >= 0.6 is 0 Å². The normalized spacial score (nSPS) is 11.7. The van der Waals surface area contributed by atoms with E-state index in [0.717, 1.165) is 23.2 Å². The molecule has 5 aromatic rings. The Balaban J connectivity index is 1.61. The monoisotopic (exact) mass is 491 g/mol. The van der Waals surface area contributed by atoms with Gasteiger partial charge in [0, 0.05) is 11.5 Å². The van der Waals surface area contributed by atoms with E-state index in [9.17, 15) is 13.2 Å². The maximum absolute atomic E-state index is 12.9. The zero-order valence-electron chi connectivity index (χ0n) is 19.0. The quantitative estimate of drug-likeness (QED) is 0.357. The lowest BCUT2D eigenvalue weighted by Gasteiger charge is -2.13. The van der Waals surface area contributed by atoms with E-state index in [1.807, 2.05) is 37.3 Å². The molecule has 36 heavy (non-hydrogen) atoms. The van der Waals surface area contributed by atoms with Crippen molar-refractivity contribution in [2.75, 3.05) is 11.5 Å². The fraction of sp³-hybridized carbons (Fsp3) is 0.120. The summed E-state index contributed by atoms with van der Waals surface area (Å²) in [5.41, 5.74) is 14.0. The molecule has 0 spiro atoms. The van der Waals surface area contributed by atoms with Crippen molar-refractivity contribution < 1.29 is 17.9 Å². The third kappa shape index (κ3) is 4.50. The number of ether oxygens (including phenoxy) is 1. The van der Waals surface area contributed by atoms with Crippen molar-refractivity contribution in [3.05, 3.63) is 83.6 Å². The highest BCUT2D eigenvalue weighted by Crippen LogP contribution is 2.34. The second-order valence-corrected chi connectivity index (χ2v) is 8.07. The molecule has 0 fully saturated rings. The number of nitrogens with zero attached hydrogens (tertiary/aromatic N) is 5. The Kier molecular flexibility index (Phi) is 5.67. The van der Waals surface area contributed by atoms with Gasteiger partial charge in [0.05, 0.1) is 22.5 Å². The lowest BCUT2D eigenvalue weighted by molar-refractivity contribution is -0.137. The predicted octanol–water partition coefficient (Wildman–Crippen LogP) is 4.95. The van der Waals surface area contributed by atoms with Crippen LogP contribution < -0.4 is 16.2 Å². The third-order valence-electron chi connectivity index (χ3n) is 5.47. The zero-order valence-corrected chi connectivity index (χ0v) is 19.0. The van der Waals surface area contributed by atoms with Crippen LogP contribution in [0.4, 0.5) is 24.8 Å². The lowest BCUT2D eigenvalue weighted by Crippen LogP contribution is -2.06. The zero-order chi connectivity index (χ0) is 25.4. The van der Waals surface area contributed by atoms with Crippen molar-refractivity contribution in [2.24, 2.45) is 0 Å². The third-order valence-corrected chi connectivity index (χ3v) is 5.47. The number of pyridine rings is 1. The van der Waals surface area contributed by atoms with Crippen molar-refractivity contribution in [3.8, 4) is 23.0 Å². The van der Waals surface area contributed by atoms with Crippen LogP contribution in [0.25, 0.3) is 28.1 Å². The van der Waals surface area contributed by atoms with Crippen molar-refractivity contribution in [3.63, 3.8) is 0 Å². The van der Waals surface area contributed by atoms with Crippen LogP contribution in [0.3, 0.4) is 0 Å². The van der Waals surface area contributed by atoms with Gasteiger partial charge in [-0.15, -0.1) is 0 Å². The van der Waals surface area contributed by atoms with Gasteiger partial charge in [-0.3, -0.25) is 0 Å². The Labute approximate surface area is 203 Å². The van der Waals surface area contributed by atoms with Crippen LogP contribution in [-0.2, 0) is 12.8 Å². The summed E-state index contributed by atoms with van der Waals surface area (Å²) in [6, 6.07) is 17.4. The largest absolute Gasteiger partial charge is 0.472 e. The van der Waals surface area contributed by atoms with Gasteiger partial charge < -0.3 is 16.2 Å². The topological polar surface area (TPSA) is 118 Å². The first kappa shape index (κ1) is 23.1. The van der Waals surface area contributed by atoms with E-state index < -0.39 is 11.7 Å². The number of benzene rings is 2. The molecule has 4 N–H and O–H groups in total. The van der Waals surface area contributed by atoms with E-state index in [0.29, 0.717) is 22.5 Å². The van der Waals surface area contributed by atoms with E-state index in [2.05, 4.69) is 15.1 Å². The molecule has 11 heteroatoms. The number of para-hydroxylation sites is 1. The molecule has 0 aliphatic heterocycles. The highest BCUT2D eigenvalue weighted by Gasteiger charge is 2.30. The van der Waals surface area contributed by atoms with Gasteiger partial charge in [-0.05, 0) is 42.8 Å². The molecule has 0 saturated carbocycles. The smallest absolute Gasteiger partial charge is 0.416 e. The molecule has 5 rings (SSSR count). The second-order valence-electron chi connectivity index (χ2n) is 8.07. The molecule has 0 aliphatic rings. The van der Waals surface area contributed by atoms with Crippen LogP contribution in [0.1, 0.15) is 16.8 Å². The summed E-state index contributed by atoms with van der Waals surface area (Å²) in [5, 5.41) is 5.36. The molecule has 2 aromatic carbocycles. The molecule has 0 unspecified atom stereocenters. The number of hydrogen-bond acceptors (Lipinski definition) is 7. The number of aromatic nitrogens is 5. The van der Waals surface area contributed by atoms with E-state index in [4.69, 9.17) is 21.2 Å². The maximum atomic E-state index is 12.9. The number of nitrogen functional groups attached to an aromatic ring is 2. The first-order valence-electron chi connectivity index (χ1n) is 10.8. The predicted molar refractivity (Wildman–Crippen MR) is 129 cm³/mol. The van der Waals surface area contributed by atoms with Crippen molar-refractivity contribution in [1.29, 1.82) is 0 Å². The van der Waals surface area contributed by atoms with Gasteiger partial charge in [-0.25, -0.2) is 14.6 Å². The average molecular weight is 491 g/mol. The van der Waals surface area contributed by atoms with E-state index in [1.165, 1.54) is 18.2 Å². The minimum atomic E-state index is -4.42. The van der Waals surface area contributed by atoms with Crippen molar-refractivity contribution >= 4 is 22.7 Å². The summed E-state index contributed by atoms with van der Waals surface area (Å²) in [6.07, 6.45) is -4.42. The molecule has 182 valence electrons. The van der Waals surface area contributed by atoms with Gasteiger partial charge >= 0.3 is 6.18 Å². The van der Waals surface area contributed by atoms with Crippen LogP contribution in [-0.4, -0.2) is 24.7 Å². The number of rotatable bonds is 5. The maximum Gasteiger partial charge on any atom is 0.416 e. The minimum absolute atomic E-state index is 0.0418. The number of aryl methyl sites for hydroxylation is 1. The molecule has 3 heterocycles. The lowest BCUT2D eigenvalue weighted by atomic mass is 10.1. The molecule has 0 saturated heterocycles. The van der Waals surface area contributed by atoms with E-state index in [-0.39, 0.29) is 29.9 Å². The Morgan fingerprint density at radius 2 is 1.56 bits per heavy atom. The summed E-state index contributed by atoms with van der Waals surface area (Å²) in [4.78, 5) is 13.3. The molecular weight excluding hydrogens is 471 g/mol. The summed E-state index contributed by atoms with van der Waals surface area (Å²) in [6.45, 7) is 1.81. The van der Waals surface area contributed by atoms with Gasteiger partial charge in [0.1, 0.15) is 18.2 Å². The van der Waals surface area contributed by atoms with Crippen LogP contribution in [0.15, 0.2) is 66.7 Å². The number of hydrogen-bond donors (Lipinski definition) is 2. The fourth-order valence-corrected chi connectivity index (χ4v) is 3.73. The highest BCUT2D eigenvalue weighted by molar-refractivity contribution is 5.86. The molecule has 3 aromatic heterocycles. The van der Waals surface area contributed by atoms with Gasteiger partial charge in [0.25, 0.3) is 0 Å². The van der Waals surface area contributed by atoms with Crippen molar-refractivity contribution in [2.45, 2.75) is 19.7 Å². The summed E-state index contributed by atoms with van der Waals surface area (Å²) in [7, 11) is 0. The van der Waals surface area contributed by atoms with Crippen LogP contribution in [0.2, 0.25) is 0 Å². The summed E-state index contributed by atoms with van der Waals surface area (Å²) < 4.78 is 46.4.